The van der Waals surface area contributed by atoms with Crippen LogP contribution in [0.5, 0.6) is 74.7 Å². The third-order valence-electron chi connectivity index (χ3n) is 15.7. The van der Waals surface area contributed by atoms with Crippen molar-refractivity contribution < 1.29 is 95.3 Å². The van der Waals surface area contributed by atoms with Crippen LogP contribution in [0, 0.1) is 37.5 Å². The Kier molecular flexibility index (Phi) is 18.5. The number of hydrogen-bond donors (Lipinski definition) is 1. The van der Waals surface area contributed by atoms with Gasteiger partial charge in [0.25, 0.3) is 0 Å². The van der Waals surface area contributed by atoms with Gasteiger partial charge >= 0.3 is 17.9 Å². The molecule has 6 aromatic carbocycles. The minimum Gasteiger partial charge on any atom is -0.496 e. The molecule has 452 valence electrons. The van der Waals surface area contributed by atoms with Crippen LogP contribution in [0.15, 0.2) is 102 Å². The normalized spacial score (nSPS) is 19.6. The van der Waals surface area contributed by atoms with Crippen molar-refractivity contribution in [3.63, 3.8) is 0 Å². The highest BCUT2D eigenvalue weighted by Gasteiger charge is 2.43. The topological polar surface area (TPSA) is 219 Å². The van der Waals surface area contributed by atoms with E-state index in [2.05, 4.69) is 6.07 Å². The zero-order chi connectivity index (χ0) is 60.6. The number of fused-ring (bicyclic) bond motifs is 3. The first-order valence-electron chi connectivity index (χ1n) is 27.8. The van der Waals surface area contributed by atoms with Crippen molar-refractivity contribution in [2.45, 2.75) is 39.2 Å². The number of benzene rings is 6. The van der Waals surface area contributed by atoms with Crippen LogP contribution in [-0.4, -0.2) is 113 Å². The van der Waals surface area contributed by atoms with Gasteiger partial charge in [-0.05, 0) is 156 Å². The van der Waals surface area contributed by atoms with Crippen LogP contribution in [0.3, 0.4) is 0 Å². The monoisotopic (exact) mass is 1180 g/mol. The van der Waals surface area contributed by atoms with Crippen molar-refractivity contribution in [3.8, 4) is 74.7 Å². The van der Waals surface area contributed by atoms with Crippen LogP contribution in [0.2, 0.25) is 0 Å². The third-order valence-corrected chi connectivity index (χ3v) is 15.7. The molecule has 0 spiro atoms. The Bertz CT molecular complexity index is 3520. The molecule has 0 saturated carbocycles. The summed E-state index contributed by atoms with van der Waals surface area (Å²) in [6.45, 7) is 5.71. The minimum atomic E-state index is -1.09. The SMILES string of the molecule is COc1cc(/C=C2/C(=O)OCC2Cc2ccc3c(c2)OCO3)cc(C)c1C.COc1cc(/C=C2\C(=O)OCC2Cc2ccc3c(c2)OCO3)cc(OC)c1OC.COc1cc(C(O)C2C(=O)OCC2Cc2ccc3c(c2)OCO3)cc(OC)c1OC. The maximum absolute atomic E-state index is 12.5. The molecule has 0 aromatic heterocycles. The van der Waals surface area contributed by atoms with Gasteiger partial charge in [0.05, 0.1) is 81.6 Å². The van der Waals surface area contributed by atoms with Crippen molar-refractivity contribution >= 4 is 30.1 Å². The van der Waals surface area contributed by atoms with Gasteiger partial charge in [0.2, 0.25) is 31.9 Å². The van der Waals surface area contributed by atoms with E-state index in [0.29, 0.717) is 95.2 Å². The quantitative estimate of drug-likeness (QED) is 0.0510. The predicted octanol–water partition coefficient (Wildman–Crippen LogP) is 9.59. The number of cyclic esters (lactones) is 3. The Morgan fingerprint density at radius 1 is 0.453 bits per heavy atom. The highest BCUT2D eigenvalue weighted by Crippen LogP contribution is 2.45. The van der Waals surface area contributed by atoms with Crippen molar-refractivity contribution in [2.75, 3.05) is 90.0 Å². The van der Waals surface area contributed by atoms with E-state index in [0.717, 1.165) is 67.7 Å². The van der Waals surface area contributed by atoms with Crippen molar-refractivity contribution in [1.82, 2.24) is 0 Å². The molecule has 5 unspecified atom stereocenters. The molecule has 86 heavy (non-hydrogen) atoms. The van der Waals surface area contributed by atoms with Crippen molar-refractivity contribution in [2.24, 2.45) is 23.7 Å². The molecule has 20 nitrogen and oxygen atoms in total. The first-order chi connectivity index (χ1) is 41.7. The van der Waals surface area contributed by atoms with Gasteiger partial charge in [-0.3, -0.25) is 4.79 Å². The van der Waals surface area contributed by atoms with Gasteiger partial charge in [-0.2, -0.15) is 0 Å². The second-order valence-electron chi connectivity index (χ2n) is 20.9. The van der Waals surface area contributed by atoms with Crippen molar-refractivity contribution in [1.29, 1.82) is 0 Å². The molecule has 0 aliphatic carbocycles. The Morgan fingerprint density at radius 2 is 0.849 bits per heavy atom. The molecular formula is C66H68O20. The molecule has 20 heteroatoms. The summed E-state index contributed by atoms with van der Waals surface area (Å²) in [7, 11) is 10.8. The van der Waals surface area contributed by atoms with Crippen LogP contribution in [-0.2, 0) is 47.9 Å². The summed E-state index contributed by atoms with van der Waals surface area (Å²) in [5.74, 6) is 5.98. The second kappa shape index (κ2) is 26.7. The van der Waals surface area contributed by atoms with Crippen LogP contribution in [0.25, 0.3) is 12.2 Å². The number of methoxy groups -OCH3 is 7. The first-order valence-corrected chi connectivity index (χ1v) is 27.8. The fourth-order valence-electron chi connectivity index (χ4n) is 11.1. The van der Waals surface area contributed by atoms with E-state index in [1.807, 2.05) is 86.7 Å². The zero-order valence-corrected chi connectivity index (χ0v) is 49.3. The molecule has 1 N–H and O–H groups in total. The number of rotatable bonds is 17. The van der Waals surface area contributed by atoms with Crippen LogP contribution < -0.4 is 61.6 Å². The molecule has 6 aromatic rings. The summed E-state index contributed by atoms with van der Waals surface area (Å²) in [6.07, 6.45) is 4.55. The third kappa shape index (κ3) is 12.9. The van der Waals surface area contributed by atoms with E-state index in [-0.39, 0.29) is 56.7 Å². The summed E-state index contributed by atoms with van der Waals surface area (Å²) < 4.78 is 86.0. The zero-order valence-electron chi connectivity index (χ0n) is 49.3. The lowest BCUT2D eigenvalue weighted by Crippen LogP contribution is -2.25. The molecule has 6 heterocycles. The highest BCUT2D eigenvalue weighted by molar-refractivity contribution is 5.97. The average molecular weight is 1180 g/mol. The van der Waals surface area contributed by atoms with E-state index in [1.165, 1.54) is 21.3 Å². The molecule has 0 bridgehead atoms. The Hall–Kier alpha value is -9.43. The number of aryl methyl sites for hydroxylation is 1. The lowest BCUT2D eigenvalue weighted by atomic mass is 9.83. The number of aliphatic hydroxyl groups excluding tert-OH is 1. The molecule has 12 rings (SSSR count). The lowest BCUT2D eigenvalue weighted by Gasteiger charge is -2.23. The highest BCUT2D eigenvalue weighted by atomic mass is 16.7. The summed E-state index contributed by atoms with van der Waals surface area (Å²) in [5, 5.41) is 11.1. The Balaban J connectivity index is 0.000000143. The largest absolute Gasteiger partial charge is 0.496 e. The van der Waals surface area contributed by atoms with E-state index in [1.54, 1.807) is 52.7 Å². The maximum Gasteiger partial charge on any atom is 0.334 e. The fraction of sp³-hybridized carbons (Fsp3) is 0.348. The molecule has 6 aliphatic rings. The van der Waals surface area contributed by atoms with E-state index < -0.39 is 18.0 Å². The van der Waals surface area contributed by atoms with Gasteiger partial charge < -0.3 is 80.9 Å². The average Bonchev–Trinajstić information content (AvgIpc) is 3.25. The summed E-state index contributed by atoms with van der Waals surface area (Å²) >= 11 is 0. The standard InChI is InChI=1S/C22H24O8.C22H22O7.C22H22O5/c1-25-17-8-13(9-18(26-2)21(17)27-3)20(23)19-14(10-28-22(19)24)6-12-4-5-15-16(7-12)30-11-29-15;1-24-19-9-14(10-20(25-2)21(19)26-3)7-16-15(11-27-22(16)23)6-13-4-5-17-18(8-13)29-12-28-17;1-13-6-16(10-20(24-3)14(13)2)8-18-17(11-25-22(18)23)7-15-4-5-19-21(9-15)27-12-26-19/h4-5,7-9,14,19-20,23H,6,10-11H2,1-3H3;4-5,7-10,15H,6,11-12H2,1-3H3;4-6,8-10,17H,7,11-12H2,1-3H3/b;16-7-;18-8+. The molecule has 3 saturated heterocycles. The molecule has 0 radical (unpaired) electrons. The molecule has 0 amide bonds. The second-order valence-corrected chi connectivity index (χ2v) is 20.9. The van der Waals surface area contributed by atoms with Crippen LogP contribution >= 0.6 is 0 Å². The van der Waals surface area contributed by atoms with Gasteiger partial charge in [0.15, 0.2) is 57.5 Å². The van der Waals surface area contributed by atoms with Gasteiger partial charge in [0.1, 0.15) is 5.75 Å². The number of ether oxygens (including phenoxy) is 16. The van der Waals surface area contributed by atoms with E-state index in [4.69, 9.17) is 75.8 Å². The van der Waals surface area contributed by atoms with Crippen molar-refractivity contribution in [3.05, 3.63) is 147 Å². The summed E-state index contributed by atoms with van der Waals surface area (Å²) in [5.41, 5.74) is 8.84. The van der Waals surface area contributed by atoms with E-state index >= 15 is 0 Å². The first kappa shape index (κ1) is 59.7. The fourth-order valence-corrected chi connectivity index (χ4v) is 11.1. The minimum absolute atomic E-state index is 0.00507. The number of carbonyl (C=O) groups excluding carboxylic acids is 3. The lowest BCUT2D eigenvalue weighted by molar-refractivity contribution is -0.144. The van der Waals surface area contributed by atoms with Crippen LogP contribution in [0.1, 0.15) is 50.6 Å². The molecular weight excluding hydrogens is 1110 g/mol. The number of esters is 3. The molecule has 5 atom stereocenters. The van der Waals surface area contributed by atoms with Gasteiger partial charge in [-0.15, -0.1) is 0 Å². The number of carbonyl (C=O) groups is 3. The van der Waals surface area contributed by atoms with E-state index in [9.17, 15) is 19.5 Å². The summed E-state index contributed by atoms with van der Waals surface area (Å²) in [4.78, 5) is 37.2. The smallest absolute Gasteiger partial charge is 0.334 e. The number of aliphatic hydroxyl groups is 1. The molecule has 3 fully saturated rings. The predicted molar refractivity (Wildman–Crippen MR) is 311 cm³/mol. The molecule has 6 aliphatic heterocycles. The van der Waals surface area contributed by atoms with Gasteiger partial charge in [-0.25, -0.2) is 9.59 Å². The summed E-state index contributed by atoms with van der Waals surface area (Å²) in [6, 6.07) is 28.3. The number of hydrogen-bond acceptors (Lipinski definition) is 20. The Labute approximate surface area is 497 Å². The van der Waals surface area contributed by atoms with Crippen LogP contribution in [0.4, 0.5) is 0 Å². The Morgan fingerprint density at radius 3 is 1.28 bits per heavy atom. The van der Waals surface area contributed by atoms with Gasteiger partial charge in [0, 0.05) is 28.9 Å². The maximum atomic E-state index is 12.5. The van der Waals surface area contributed by atoms with Gasteiger partial charge in [-0.1, -0.05) is 24.3 Å².